The Morgan fingerprint density at radius 2 is 1.68 bits per heavy atom. The van der Waals surface area contributed by atoms with Crippen molar-refractivity contribution in [1.29, 1.82) is 0 Å². The van der Waals surface area contributed by atoms with Gasteiger partial charge in [-0.1, -0.05) is 0 Å². The van der Waals surface area contributed by atoms with Gasteiger partial charge in [0.05, 0.1) is 12.6 Å². The first-order valence-corrected chi connectivity index (χ1v) is 9.61. The molecule has 3 atom stereocenters. The number of carbonyl (C=O) groups is 3. The highest BCUT2D eigenvalue weighted by atomic mass is 16.5. The van der Waals surface area contributed by atoms with Crippen LogP contribution in [0.5, 0.6) is 0 Å². The predicted octanol–water partition coefficient (Wildman–Crippen LogP) is 0.0351. The SMILES string of the molecule is CO[C@@H]1C[C@H]2C(=O)N3CCN(C(=O)c4ccc(N(C)C)cc4)C[C@@H]3C(=O)N2C1. The van der Waals surface area contributed by atoms with E-state index in [1.807, 2.05) is 31.1 Å². The summed E-state index contributed by atoms with van der Waals surface area (Å²) in [5.74, 6) is -0.209. The van der Waals surface area contributed by atoms with Gasteiger partial charge in [0.25, 0.3) is 5.91 Å². The van der Waals surface area contributed by atoms with Crippen LogP contribution in [0.15, 0.2) is 24.3 Å². The molecule has 0 aromatic heterocycles. The summed E-state index contributed by atoms with van der Waals surface area (Å²) in [6.07, 6.45) is 0.442. The minimum atomic E-state index is -0.599. The van der Waals surface area contributed by atoms with E-state index in [4.69, 9.17) is 4.74 Å². The fraction of sp³-hybridized carbons (Fsp3) is 0.550. The van der Waals surface area contributed by atoms with Gasteiger partial charge in [-0.2, -0.15) is 0 Å². The van der Waals surface area contributed by atoms with Gasteiger partial charge in [-0.05, 0) is 24.3 Å². The molecule has 0 saturated carbocycles. The van der Waals surface area contributed by atoms with Crippen molar-refractivity contribution in [2.75, 3.05) is 52.3 Å². The summed E-state index contributed by atoms with van der Waals surface area (Å²) >= 11 is 0. The van der Waals surface area contributed by atoms with Gasteiger partial charge in [-0.15, -0.1) is 0 Å². The normalized spacial score (nSPS) is 27.0. The maximum Gasteiger partial charge on any atom is 0.254 e. The van der Waals surface area contributed by atoms with E-state index in [-0.39, 0.29) is 30.4 Å². The summed E-state index contributed by atoms with van der Waals surface area (Å²) in [6.45, 7) is 1.50. The Kier molecular flexibility index (Phi) is 4.74. The predicted molar refractivity (Wildman–Crippen MR) is 103 cm³/mol. The Balaban J connectivity index is 1.50. The third-order valence-electron chi connectivity index (χ3n) is 6.03. The van der Waals surface area contributed by atoms with Gasteiger partial charge in [0, 0.05) is 58.5 Å². The van der Waals surface area contributed by atoms with Crippen LogP contribution in [-0.2, 0) is 14.3 Å². The van der Waals surface area contributed by atoms with E-state index in [0.29, 0.717) is 31.6 Å². The molecular weight excluding hydrogens is 360 g/mol. The molecule has 3 aliphatic heterocycles. The Bertz CT molecular complexity index is 794. The number of piperazine rings is 2. The molecule has 3 saturated heterocycles. The van der Waals surface area contributed by atoms with Crippen molar-refractivity contribution in [3.8, 4) is 0 Å². The van der Waals surface area contributed by atoms with Gasteiger partial charge in [0.2, 0.25) is 11.8 Å². The van der Waals surface area contributed by atoms with Crippen LogP contribution >= 0.6 is 0 Å². The molecule has 1 aromatic rings. The number of fused-ring (bicyclic) bond motifs is 2. The zero-order chi connectivity index (χ0) is 20.0. The van der Waals surface area contributed by atoms with E-state index in [0.717, 1.165) is 5.69 Å². The van der Waals surface area contributed by atoms with Crippen molar-refractivity contribution in [3.05, 3.63) is 29.8 Å². The number of nitrogens with zero attached hydrogens (tertiary/aromatic N) is 4. The molecule has 3 fully saturated rings. The summed E-state index contributed by atoms with van der Waals surface area (Å²) in [5, 5.41) is 0. The number of amides is 3. The second-order valence-electron chi connectivity index (χ2n) is 7.84. The number of anilines is 1. The second kappa shape index (κ2) is 7.09. The molecule has 0 unspecified atom stereocenters. The minimum Gasteiger partial charge on any atom is -0.380 e. The second-order valence-corrected chi connectivity index (χ2v) is 7.84. The van der Waals surface area contributed by atoms with Crippen LogP contribution in [-0.4, -0.2) is 98.0 Å². The average molecular weight is 386 g/mol. The molecule has 1 aromatic carbocycles. The fourth-order valence-electron chi connectivity index (χ4n) is 4.36. The summed E-state index contributed by atoms with van der Waals surface area (Å²) in [7, 11) is 5.50. The van der Waals surface area contributed by atoms with Gasteiger partial charge >= 0.3 is 0 Å². The highest BCUT2D eigenvalue weighted by Crippen LogP contribution is 2.30. The quantitative estimate of drug-likeness (QED) is 0.733. The number of carbonyl (C=O) groups excluding carboxylic acids is 3. The van der Waals surface area contributed by atoms with Gasteiger partial charge < -0.3 is 24.3 Å². The number of ether oxygens (including phenoxy) is 1. The van der Waals surface area contributed by atoms with Gasteiger partial charge in [0.1, 0.15) is 12.1 Å². The smallest absolute Gasteiger partial charge is 0.254 e. The molecule has 150 valence electrons. The number of hydrogen-bond donors (Lipinski definition) is 0. The standard InChI is InChI=1S/C20H26N4O4/c1-21(2)14-6-4-13(5-7-14)18(25)22-8-9-23-17(12-22)20(27)24-11-15(28-3)10-16(24)19(23)26/h4-7,15-17H,8-12H2,1-3H3/t15-,16+,17-/m1/s1. The Hall–Kier alpha value is -2.61. The number of hydrogen-bond acceptors (Lipinski definition) is 5. The van der Waals surface area contributed by atoms with Crippen LogP contribution in [0, 0.1) is 0 Å². The Morgan fingerprint density at radius 3 is 2.32 bits per heavy atom. The molecule has 3 heterocycles. The molecule has 0 bridgehead atoms. The molecule has 8 heteroatoms. The first-order chi connectivity index (χ1) is 13.4. The zero-order valence-electron chi connectivity index (χ0n) is 16.5. The molecular formula is C20H26N4O4. The molecule has 0 spiro atoms. The van der Waals surface area contributed by atoms with Crippen molar-refractivity contribution in [2.45, 2.75) is 24.6 Å². The van der Waals surface area contributed by atoms with E-state index in [9.17, 15) is 14.4 Å². The molecule has 4 rings (SSSR count). The largest absolute Gasteiger partial charge is 0.380 e. The van der Waals surface area contributed by atoms with E-state index in [1.165, 1.54) is 0 Å². The van der Waals surface area contributed by atoms with Crippen molar-refractivity contribution < 1.29 is 19.1 Å². The molecule has 8 nitrogen and oxygen atoms in total. The van der Waals surface area contributed by atoms with Crippen LogP contribution < -0.4 is 4.90 Å². The topological polar surface area (TPSA) is 73.4 Å². The minimum absolute atomic E-state index is 0.0217. The van der Waals surface area contributed by atoms with Crippen LogP contribution in [0.25, 0.3) is 0 Å². The highest BCUT2D eigenvalue weighted by Gasteiger charge is 2.52. The maximum atomic E-state index is 13.0. The lowest BCUT2D eigenvalue weighted by atomic mass is 10.0. The summed E-state index contributed by atoms with van der Waals surface area (Å²) in [6, 6.07) is 6.39. The van der Waals surface area contributed by atoms with E-state index < -0.39 is 12.1 Å². The van der Waals surface area contributed by atoms with Crippen molar-refractivity contribution in [3.63, 3.8) is 0 Å². The first kappa shape index (κ1) is 18.7. The number of rotatable bonds is 3. The molecule has 28 heavy (non-hydrogen) atoms. The summed E-state index contributed by atoms with van der Waals surface area (Å²) < 4.78 is 5.36. The lowest BCUT2D eigenvalue weighted by molar-refractivity contribution is -0.162. The fourth-order valence-corrected chi connectivity index (χ4v) is 4.36. The van der Waals surface area contributed by atoms with Crippen LogP contribution in [0.4, 0.5) is 5.69 Å². The van der Waals surface area contributed by atoms with Crippen LogP contribution in [0.2, 0.25) is 0 Å². The molecule has 0 N–H and O–H groups in total. The van der Waals surface area contributed by atoms with E-state index in [2.05, 4.69) is 0 Å². The van der Waals surface area contributed by atoms with Crippen molar-refractivity contribution in [2.24, 2.45) is 0 Å². The number of benzene rings is 1. The third-order valence-corrected chi connectivity index (χ3v) is 6.03. The lowest BCUT2D eigenvalue weighted by Crippen LogP contribution is -2.69. The zero-order valence-corrected chi connectivity index (χ0v) is 16.5. The highest BCUT2D eigenvalue weighted by molar-refractivity contribution is 5.99. The van der Waals surface area contributed by atoms with Crippen LogP contribution in [0.3, 0.4) is 0 Å². The molecule has 0 radical (unpaired) electrons. The van der Waals surface area contributed by atoms with Crippen molar-refractivity contribution in [1.82, 2.24) is 14.7 Å². The lowest BCUT2D eigenvalue weighted by Gasteiger charge is -2.47. The molecule has 0 aliphatic carbocycles. The summed E-state index contributed by atoms with van der Waals surface area (Å²) in [4.78, 5) is 45.7. The monoisotopic (exact) mass is 386 g/mol. The third kappa shape index (κ3) is 3.01. The van der Waals surface area contributed by atoms with E-state index >= 15 is 0 Å². The Morgan fingerprint density at radius 1 is 1.00 bits per heavy atom. The van der Waals surface area contributed by atoms with Gasteiger partial charge in [0.15, 0.2) is 0 Å². The van der Waals surface area contributed by atoms with Crippen LogP contribution in [0.1, 0.15) is 16.8 Å². The number of methoxy groups -OCH3 is 1. The first-order valence-electron chi connectivity index (χ1n) is 9.61. The van der Waals surface area contributed by atoms with Crippen molar-refractivity contribution >= 4 is 23.4 Å². The summed E-state index contributed by atoms with van der Waals surface area (Å²) in [5.41, 5.74) is 1.61. The molecule has 3 amide bonds. The average Bonchev–Trinajstić information content (AvgIpc) is 3.16. The van der Waals surface area contributed by atoms with E-state index in [1.54, 1.807) is 33.9 Å². The molecule has 3 aliphatic rings. The van der Waals surface area contributed by atoms with Gasteiger partial charge in [-0.3, -0.25) is 14.4 Å². The Labute approximate surface area is 164 Å². The maximum absolute atomic E-state index is 13.0. The van der Waals surface area contributed by atoms with Gasteiger partial charge in [-0.25, -0.2) is 0 Å².